The van der Waals surface area contributed by atoms with Crippen molar-refractivity contribution in [3.8, 4) is 17.0 Å². The number of anilines is 2. The average Bonchev–Trinajstić information content (AvgIpc) is 3.12. The molecule has 26 heavy (non-hydrogen) atoms. The number of nitrogens with one attached hydrogen (secondary N) is 2. The molecule has 0 aliphatic carbocycles. The molecule has 1 aromatic carbocycles. The summed E-state index contributed by atoms with van der Waals surface area (Å²) >= 11 is 0. The lowest BCUT2D eigenvalue weighted by Crippen LogP contribution is -2.19. The van der Waals surface area contributed by atoms with Crippen LogP contribution in [0.15, 0.2) is 30.3 Å². The molecule has 1 saturated heterocycles. The molecule has 2 N–H and O–H groups in total. The lowest BCUT2D eigenvalue weighted by Gasteiger charge is -2.14. The van der Waals surface area contributed by atoms with Crippen LogP contribution in [0.1, 0.15) is 12.8 Å². The maximum absolute atomic E-state index is 12.4. The van der Waals surface area contributed by atoms with E-state index in [9.17, 15) is 13.2 Å². The van der Waals surface area contributed by atoms with Gasteiger partial charge in [-0.2, -0.15) is 4.98 Å². The monoisotopic (exact) mass is 368 g/mol. The Morgan fingerprint density at radius 3 is 2.81 bits per heavy atom. The van der Waals surface area contributed by atoms with Gasteiger partial charge in [0.15, 0.2) is 0 Å². The van der Waals surface area contributed by atoms with Gasteiger partial charge in [0.25, 0.3) is 0 Å². The Kier molecular flexibility index (Phi) is 5.46. The van der Waals surface area contributed by atoms with E-state index in [0.29, 0.717) is 29.6 Å². The number of nitrogens with zero attached hydrogens (tertiary/aromatic N) is 2. The van der Waals surface area contributed by atoms with Gasteiger partial charge in [-0.15, -0.1) is 13.2 Å². The smallest absolute Gasteiger partial charge is 0.406 e. The van der Waals surface area contributed by atoms with E-state index in [-0.39, 0.29) is 11.9 Å². The van der Waals surface area contributed by atoms with Gasteiger partial charge in [-0.3, -0.25) is 0 Å². The summed E-state index contributed by atoms with van der Waals surface area (Å²) in [7, 11) is 1.67. The van der Waals surface area contributed by atoms with Crippen LogP contribution < -0.4 is 15.4 Å². The highest BCUT2D eigenvalue weighted by molar-refractivity contribution is 5.65. The van der Waals surface area contributed by atoms with Gasteiger partial charge in [-0.25, -0.2) is 4.98 Å². The molecule has 1 atom stereocenters. The van der Waals surface area contributed by atoms with Crippen molar-refractivity contribution >= 4 is 11.8 Å². The Morgan fingerprint density at radius 1 is 1.27 bits per heavy atom. The molecule has 1 aromatic heterocycles. The van der Waals surface area contributed by atoms with Gasteiger partial charge < -0.3 is 20.1 Å². The summed E-state index contributed by atoms with van der Waals surface area (Å²) in [6, 6.07) is 7.36. The SMILES string of the molecule is CNc1nc(NC[C@H]2CCCO2)cc(-c2cccc(OC(F)(F)F)c2)n1. The maximum atomic E-state index is 12.4. The van der Waals surface area contributed by atoms with Crippen LogP contribution in [0.2, 0.25) is 0 Å². The molecular formula is C17H19F3N4O2. The Balaban J connectivity index is 1.82. The third-order valence-corrected chi connectivity index (χ3v) is 3.85. The molecule has 9 heteroatoms. The van der Waals surface area contributed by atoms with Crippen LogP contribution in [0, 0.1) is 0 Å². The molecule has 1 aliphatic heterocycles. The zero-order valence-electron chi connectivity index (χ0n) is 14.1. The topological polar surface area (TPSA) is 68.3 Å². The highest BCUT2D eigenvalue weighted by atomic mass is 19.4. The largest absolute Gasteiger partial charge is 0.573 e. The Bertz CT molecular complexity index is 749. The first-order chi connectivity index (χ1) is 12.4. The molecule has 6 nitrogen and oxygen atoms in total. The van der Waals surface area contributed by atoms with Crippen molar-refractivity contribution in [2.24, 2.45) is 0 Å². The summed E-state index contributed by atoms with van der Waals surface area (Å²) in [5, 5.41) is 6.05. The molecule has 0 amide bonds. The molecule has 2 heterocycles. The molecule has 140 valence electrons. The van der Waals surface area contributed by atoms with Crippen LogP contribution in [-0.2, 0) is 4.74 Å². The summed E-state index contributed by atoms with van der Waals surface area (Å²) in [5.74, 6) is 0.630. The number of aromatic nitrogens is 2. The second-order valence-electron chi connectivity index (χ2n) is 5.80. The van der Waals surface area contributed by atoms with Crippen LogP contribution in [0.3, 0.4) is 0 Å². The number of rotatable bonds is 6. The number of hydrogen-bond acceptors (Lipinski definition) is 6. The highest BCUT2D eigenvalue weighted by Gasteiger charge is 2.31. The predicted octanol–water partition coefficient (Wildman–Crippen LogP) is 3.67. The van der Waals surface area contributed by atoms with Crippen molar-refractivity contribution in [2.45, 2.75) is 25.3 Å². The Morgan fingerprint density at radius 2 is 2.12 bits per heavy atom. The predicted molar refractivity (Wildman–Crippen MR) is 91.2 cm³/mol. The third-order valence-electron chi connectivity index (χ3n) is 3.85. The van der Waals surface area contributed by atoms with Gasteiger partial charge in [0.05, 0.1) is 11.8 Å². The summed E-state index contributed by atoms with van der Waals surface area (Å²) in [4.78, 5) is 8.63. The van der Waals surface area contributed by atoms with Gasteiger partial charge in [-0.1, -0.05) is 12.1 Å². The number of ether oxygens (including phenoxy) is 2. The second kappa shape index (κ2) is 7.77. The van der Waals surface area contributed by atoms with Crippen LogP contribution in [0.5, 0.6) is 5.75 Å². The average molecular weight is 368 g/mol. The molecule has 0 spiro atoms. The van der Waals surface area contributed by atoms with E-state index in [1.807, 2.05) is 0 Å². The normalized spacial score (nSPS) is 17.2. The summed E-state index contributed by atoms with van der Waals surface area (Å²) < 4.78 is 46.8. The van der Waals surface area contributed by atoms with E-state index in [1.54, 1.807) is 19.2 Å². The molecule has 0 bridgehead atoms. The summed E-state index contributed by atoms with van der Waals surface area (Å²) in [5.41, 5.74) is 0.970. The number of hydrogen-bond donors (Lipinski definition) is 2. The van der Waals surface area contributed by atoms with Gasteiger partial charge in [0.2, 0.25) is 5.95 Å². The lowest BCUT2D eigenvalue weighted by molar-refractivity contribution is -0.274. The first-order valence-corrected chi connectivity index (χ1v) is 8.21. The molecule has 0 unspecified atom stereocenters. The fourth-order valence-electron chi connectivity index (χ4n) is 2.67. The van der Waals surface area contributed by atoms with Gasteiger partial charge in [0, 0.05) is 31.8 Å². The lowest BCUT2D eigenvalue weighted by atomic mass is 10.1. The van der Waals surface area contributed by atoms with Crippen LogP contribution in [0.25, 0.3) is 11.3 Å². The van der Waals surface area contributed by atoms with Crippen LogP contribution in [0.4, 0.5) is 24.9 Å². The Labute approximate surface area is 148 Å². The van der Waals surface area contributed by atoms with E-state index in [1.165, 1.54) is 18.2 Å². The fourth-order valence-corrected chi connectivity index (χ4v) is 2.67. The fraction of sp³-hybridized carbons (Fsp3) is 0.412. The molecular weight excluding hydrogens is 349 g/mol. The Hall–Kier alpha value is -2.55. The zero-order valence-corrected chi connectivity index (χ0v) is 14.1. The van der Waals surface area contributed by atoms with E-state index < -0.39 is 6.36 Å². The first kappa shape index (κ1) is 18.2. The number of benzene rings is 1. The first-order valence-electron chi connectivity index (χ1n) is 8.21. The third kappa shape index (κ3) is 4.98. The number of halogens is 3. The standard InChI is InChI=1S/C17H19F3N4O2/c1-21-16-23-14(9-15(24-16)22-10-13-6-3-7-25-13)11-4-2-5-12(8-11)26-17(18,19)20/h2,4-5,8-9,13H,3,6-7,10H2,1H3,(H2,21,22,23,24)/t13-/m1/s1. The quantitative estimate of drug-likeness (QED) is 0.811. The van der Waals surface area contributed by atoms with Crippen molar-refractivity contribution < 1.29 is 22.6 Å². The van der Waals surface area contributed by atoms with Crippen molar-refractivity contribution in [1.29, 1.82) is 0 Å². The van der Waals surface area contributed by atoms with E-state index >= 15 is 0 Å². The van der Waals surface area contributed by atoms with E-state index in [0.717, 1.165) is 19.4 Å². The molecule has 3 rings (SSSR count). The second-order valence-corrected chi connectivity index (χ2v) is 5.80. The number of alkyl halides is 3. The van der Waals surface area contributed by atoms with Crippen molar-refractivity contribution in [2.75, 3.05) is 30.8 Å². The van der Waals surface area contributed by atoms with Crippen molar-refractivity contribution in [1.82, 2.24) is 9.97 Å². The van der Waals surface area contributed by atoms with Gasteiger partial charge >= 0.3 is 6.36 Å². The van der Waals surface area contributed by atoms with Crippen LogP contribution >= 0.6 is 0 Å². The highest BCUT2D eigenvalue weighted by Crippen LogP contribution is 2.28. The van der Waals surface area contributed by atoms with Crippen LogP contribution in [-0.4, -0.2) is 42.6 Å². The van der Waals surface area contributed by atoms with Gasteiger partial charge in [-0.05, 0) is 25.0 Å². The van der Waals surface area contributed by atoms with Crippen molar-refractivity contribution in [3.63, 3.8) is 0 Å². The summed E-state index contributed by atoms with van der Waals surface area (Å²) in [6.45, 7) is 1.37. The minimum atomic E-state index is -4.74. The minimum absolute atomic E-state index is 0.134. The molecule has 2 aromatic rings. The molecule has 0 radical (unpaired) electrons. The minimum Gasteiger partial charge on any atom is -0.406 e. The van der Waals surface area contributed by atoms with E-state index in [4.69, 9.17) is 4.74 Å². The molecule has 1 aliphatic rings. The van der Waals surface area contributed by atoms with Crippen molar-refractivity contribution in [3.05, 3.63) is 30.3 Å². The van der Waals surface area contributed by atoms with E-state index in [2.05, 4.69) is 25.3 Å². The summed E-state index contributed by atoms with van der Waals surface area (Å²) in [6.07, 6.45) is -2.58. The molecule has 0 saturated carbocycles. The maximum Gasteiger partial charge on any atom is 0.573 e. The molecule has 1 fully saturated rings. The zero-order chi connectivity index (χ0) is 18.6. The van der Waals surface area contributed by atoms with Gasteiger partial charge in [0.1, 0.15) is 11.6 Å².